The number of nitrogens with one attached hydrogen (secondary N) is 1. The zero-order valence-electron chi connectivity index (χ0n) is 11.1. The highest BCUT2D eigenvalue weighted by atomic mass is 16.3. The summed E-state index contributed by atoms with van der Waals surface area (Å²) in [4.78, 5) is 8.50. The molecule has 0 aliphatic carbocycles. The molecule has 3 aromatic rings. The summed E-state index contributed by atoms with van der Waals surface area (Å²) < 4.78 is 0. The minimum Gasteiger partial charge on any atom is -0.508 e. The Balaban J connectivity index is 1.92. The van der Waals surface area contributed by atoms with Crippen molar-refractivity contribution in [2.24, 2.45) is 0 Å². The van der Waals surface area contributed by atoms with Crippen LogP contribution in [0.1, 0.15) is 0 Å². The Morgan fingerprint density at radius 2 is 1.76 bits per heavy atom. The number of benzene rings is 2. The van der Waals surface area contributed by atoms with Crippen LogP contribution in [0, 0.1) is 0 Å². The number of anilines is 2. The van der Waals surface area contributed by atoms with Crippen LogP contribution >= 0.6 is 0 Å². The molecule has 0 atom stereocenters. The van der Waals surface area contributed by atoms with E-state index in [1.54, 1.807) is 54.7 Å². The lowest BCUT2D eigenvalue weighted by Crippen LogP contribution is -1.97. The van der Waals surface area contributed by atoms with Gasteiger partial charge in [0.05, 0.1) is 5.69 Å². The Morgan fingerprint density at radius 3 is 2.57 bits per heavy atom. The van der Waals surface area contributed by atoms with E-state index >= 15 is 0 Å². The van der Waals surface area contributed by atoms with E-state index in [0.717, 1.165) is 0 Å². The van der Waals surface area contributed by atoms with Crippen molar-refractivity contribution in [3.05, 3.63) is 60.8 Å². The molecule has 0 saturated heterocycles. The maximum atomic E-state index is 9.87. The van der Waals surface area contributed by atoms with Crippen LogP contribution in [0.5, 0.6) is 11.5 Å². The van der Waals surface area contributed by atoms with Gasteiger partial charge in [0.2, 0.25) is 5.95 Å². The molecule has 0 bridgehead atoms. The third-order valence-electron chi connectivity index (χ3n) is 2.94. The van der Waals surface area contributed by atoms with E-state index in [0.29, 0.717) is 22.9 Å². The lowest BCUT2D eigenvalue weighted by Gasteiger charge is -2.07. The standard InChI is InChI=1S/C16H13N3O2/c20-12-5-3-4-11(10-12)18-16-17-9-8-14(19-16)13-6-1-2-7-15(13)21/h1-10,20-21H,(H,17,18,19). The van der Waals surface area contributed by atoms with Gasteiger partial charge >= 0.3 is 0 Å². The number of aromatic nitrogens is 2. The second kappa shape index (κ2) is 5.50. The summed E-state index contributed by atoms with van der Waals surface area (Å²) in [6.07, 6.45) is 1.61. The highest BCUT2D eigenvalue weighted by molar-refractivity contribution is 5.68. The van der Waals surface area contributed by atoms with Crippen LogP contribution in [0.2, 0.25) is 0 Å². The molecule has 2 aromatic carbocycles. The van der Waals surface area contributed by atoms with Crippen LogP contribution in [0.4, 0.5) is 11.6 Å². The van der Waals surface area contributed by atoms with Crippen LogP contribution in [-0.2, 0) is 0 Å². The number of phenols is 2. The predicted molar refractivity (Wildman–Crippen MR) is 80.5 cm³/mol. The van der Waals surface area contributed by atoms with Gasteiger partial charge in [0.25, 0.3) is 0 Å². The molecule has 0 amide bonds. The van der Waals surface area contributed by atoms with E-state index in [4.69, 9.17) is 0 Å². The number of hydrogen-bond donors (Lipinski definition) is 3. The lowest BCUT2D eigenvalue weighted by atomic mass is 10.1. The second-order valence-electron chi connectivity index (χ2n) is 4.46. The summed E-state index contributed by atoms with van der Waals surface area (Å²) in [7, 11) is 0. The molecule has 0 saturated carbocycles. The molecule has 0 fully saturated rings. The van der Waals surface area contributed by atoms with Gasteiger partial charge in [-0.15, -0.1) is 0 Å². The normalized spacial score (nSPS) is 10.3. The summed E-state index contributed by atoms with van der Waals surface area (Å²) in [6, 6.07) is 15.4. The van der Waals surface area contributed by atoms with Crippen LogP contribution < -0.4 is 5.32 Å². The molecule has 0 spiro atoms. The lowest BCUT2D eigenvalue weighted by molar-refractivity contribution is 0.475. The van der Waals surface area contributed by atoms with Crippen LogP contribution in [0.15, 0.2) is 60.8 Å². The number of hydrogen-bond acceptors (Lipinski definition) is 5. The first-order valence-corrected chi connectivity index (χ1v) is 6.40. The van der Waals surface area contributed by atoms with Gasteiger partial charge in [-0.3, -0.25) is 0 Å². The number of nitrogens with zero attached hydrogens (tertiary/aromatic N) is 2. The monoisotopic (exact) mass is 279 g/mol. The van der Waals surface area contributed by atoms with E-state index < -0.39 is 0 Å². The molecule has 104 valence electrons. The molecule has 1 aromatic heterocycles. The molecule has 0 aliphatic rings. The average molecular weight is 279 g/mol. The number of phenolic OH excluding ortho intramolecular Hbond substituents is 2. The fraction of sp³-hybridized carbons (Fsp3) is 0. The Morgan fingerprint density at radius 1 is 0.905 bits per heavy atom. The molecule has 5 nitrogen and oxygen atoms in total. The largest absolute Gasteiger partial charge is 0.508 e. The van der Waals surface area contributed by atoms with Gasteiger partial charge in [-0.1, -0.05) is 18.2 Å². The molecule has 3 rings (SSSR count). The smallest absolute Gasteiger partial charge is 0.227 e. The zero-order valence-corrected chi connectivity index (χ0v) is 11.1. The quantitative estimate of drug-likeness (QED) is 0.685. The highest BCUT2D eigenvalue weighted by Crippen LogP contribution is 2.27. The van der Waals surface area contributed by atoms with Crippen LogP contribution in [0.3, 0.4) is 0 Å². The van der Waals surface area contributed by atoms with Gasteiger partial charge in [-0.2, -0.15) is 0 Å². The highest BCUT2D eigenvalue weighted by Gasteiger charge is 2.06. The first kappa shape index (κ1) is 12.9. The minimum atomic E-state index is 0.164. The predicted octanol–water partition coefficient (Wildman–Crippen LogP) is 3.30. The third-order valence-corrected chi connectivity index (χ3v) is 2.94. The van der Waals surface area contributed by atoms with Crippen molar-refractivity contribution < 1.29 is 10.2 Å². The van der Waals surface area contributed by atoms with Crippen molar-refractivity contribution in [2.45, 2.75) is 0 Å². The summed E-state index contributed by atoms with van der Waals surface area (Å²) in [6.45, 7) is 0. The number of rotatable bonds is 3. The fourth-order valence-electron chi connectivity index (χ4n) is 1.97. The third kappa shape index (κ3) is 2.92. The maximum absolute atomic E-state index is 9.87. The Bertz CT molecular complexity index is 775. The molecule has 5 heteroatoms. The molecular weight excluding hydrogens is 266 g/mol. The second-order valence-corrected chi connectivity index (χ2v) is 4.46. The van der Waals surface area contributed by atoms with E-state index in [1.165, 1.54) is 0 Å². The molecule has 3 N–H and O–H groups in total. The number of para-hydroxylation sites is 1. The van der Waals surface area contributed by atoms with Crippen LogP contribution in [0.25, 0.3) is 11.3 Å². The topological polar surface area (TPSA) is 78.3 Å². The van der Waals surface area contributed by atoms with Gasteiger partial charge in [0, 0.05) is 23.5 Å². The van der Waals surface area contributed by atoms with Gasteiger partial charge in [-0.25, -0.2) is 9.97 Å². The van der Waals surface area contributed by atoms with E-state index in [2.05, 4.69) is 15.3 Å². The average Bonchev–Trinajstić information content (AvgIpc) is 2.48. The van der Waals surface area contributed by atoms with Gasteiger partial charge < -0.3 is 15.5 Å². The summed E-state index contributed by atoms with van der Waals surface area (Å²) in [5, 5.41) is 22.3. The van der Waals surface area contributed by atoms with Crippen molar-refractivity contribution >= 4 is 11.6 Å². The molecule has 0 unspecified atom stereocenters. The zero-order chi connectivity index (χ0) is 14.7. The van der Waals surface area contributed by atoms with Gasteiger partial charge in [0.1, 0.15) is 11.5 Å². The van der Waals surface area contributed by atoms with Crippen LogP contribution in [-0.4, -0.2) is 20.2 Å². The SMILES string of the molecule is Oc1cccc(Nc2nccc(-c3ccccc3O)n2)c1. The van der Waals surface area contributed by atoms with Gasteiger partial charge in [-0.05, 0) is 30.3 Å². The molecule has 0 aliphatic heterocycles. The van der Waals surface area contributed by atoms with Crippen molar-refractivity contribution in [3.63, 3.8) is 0 Å². The summed E-state index contributed by atoms with van der Waals surface area (Å²) in [5.41, 5.74) is 1.94. The molecule has 21 heavy (non-hydrogen) atoms. The van der Waals surface area contributed by atoms with E-state index in [9.17, 15) is 10.2 Å². The Labute approximate surface area is 121 Å². The summed E-state index contributed by atoms with van der Waals surface area (Å²) >= 11 is 0. The first-order valence-electron chi connectivity index (χ1n) is 6.40. The molecular formula is C16H13N3O2. The Hall–Kier alpha value is -3.08. The minimum absolute atomic E-state index is 0.164. The van der Waals surface area contributed by atoms with Gasteiger partial charge in [0.15, 0.2) is 0 Å². The van der Waals surface area contributed by atoms with E-state index in [-0.39, 0.29) is 11.5 Å². The van der Waals surface area contributed by atoms with Crippen molar-refractivity contribution in [3.8, 4) is 22.8 Å². The first-order chi connectivity index (χ1) is 10.2. The fourth-order valence-corrected chi connectivity index (χ4v) is 1.97. The van der Waals surface area contributed by atoms with Crippen molar-refractivity contribution in [1.82, 2.24) is 9.97 Å². The Kier molecular flexibility index (Phi) is 3.39. The number of aromatic hydroxyl groups is 2. The maximum Gasteiger partial charge on any atom is 0.227 e. The summed E-state index contributed by atoms with van der Waals surface area (Å²) in [5.74, 6) is 0.720. The van der Waals surface area contributed by atoms with Crippen molar-refractivity contribution in [1.29, 1.82) is 0 Å². The molecule has 0 radical (unpaired) electrons. The molecule has 1 heterocycles. The van der Waals surface area contributed by atoms with E-state index in [1.807, 2.05) is 6.07 Å². The van der Waals surface area contributed by atoms with Crippen molar-refractivity contribution in [2.75, 3.05) is 5.32 Å².